The molecule has 7 heteroatoms. The van der Waals surface area contributed by atoms with Gasteiger partial charge in [0.25, 0.3) is 5.89 Å². The van der Waals surface area contributed by atoms with Crippen LogP contribution >= 0.6 is 11.3 Å². The Labute approximate surface area is 136 Å². The Morgan fingerprint density at radius 1 is 1.35 bits per heavy atom. The van der Waals surface area contributed by atoms with Crippen molar-refractivity contribution in [2.24, 2.45) is 0 Å². The molecule has 0 bridgehead atoms. The molecular formula is C16H14N2O4S. The zero-order chi connectivity index (χ0) is 16.2. The summed E-state index contributed by atoms with van der Waals surface area (Å²) < 4.78 is 11.0. The van der Waals surface area contributed by atoms with E-state index >= 15 is 0 Å². The van der Waals surface area contributed by atoms with Crippen LogP contribution in [0.4, 0.5) is 0 Å². The van der Waals surface area contributed by atoms with Crippen molar-refractivity contribution in [1.29, 1.82) is 0 Å². The van der Waals surface area contributed by atoms with Gasteiger partial charge in [0.2, 0.25) is 5.82 Å². The van der Waals surface area contributed by atoms with Gasteiger partial charge in [0, 0.05) is 0 Å². The standard InChI is InChI=1S/C16H14N2O4S/c1-10(16-17-15(18-22-16)13-3-2-8-23-13)21-12-6-4-11(5-7-12)9-14(19)20/h2-8,10H,9H2,1H3,(H,19,20)/t10-/m1/s1. The molecule has 23 heavy (non-hydrogen) atoms. The van der Waals surface area contributed by atoms with E-state index in [2.05, 4.69) is 10.1 Å². The van der Waals surface area contributed by atoms with Crippen molar-refractivity contribution in [3.63, 3.8) is 0 Å². The number of carboxylic acids is 1. The predicted molar refractivity (Wildman–Crippen MR) is 84.4 cm³/mol. The van der Waals surface area contributed by atoms with E-state index < -0.39 is 12.1 Å². The lowest BCUT2D eigenvalue weighted by Crippen LogP contribution is -2.04. The molecule has 0 aliphatic heterocycles. The minimum Gasteiger partial charge on any atom is -0.481 e. The first kappa shape index (κ1) is 15.2. The lowest BCUT2D eigenvalue weighted by atomic mass is 10.1. The second-order valence-corrected chi connectivity index (χ2v) is 5.86. The van der Waals surface area contributed by atoms with Crippen molar-refractivity contribution in [3.05, 3.63) is 53.2 Å². The van der Waals surface area contributed by atoms with Crippen molar-refractivity contribution in [3.8, 4) is 16.5 Å². The molecule has 0 aliphatic carbocycles. The van der Waals surface area contributed by atoms with Gasteiger partial charge in [0.15, 0.2) is 6.10 Å². The van der Waals surface area contributed by atoms with Crippen molar-refractivity contribution >= 4 is 17.3 Å². The van der Waals surface area contributed by atoms with Gasteiger partial charge in [-0.3, -0.25) is 4.79 Å². The summed E-state index contributed by atoms with van der Waals surface area (Å²) in [5.41, 5.74) is 0.718. The quantitative estimate of drug-likeness (QED) is 0.743. The van der Waals surface area contributed by atoms with Gasteiger partial charge in [0.1, 0.15) is 5.75 Å². The van der Waals surface area contributed by atoms with Crippen LogP contribution in [0.2, 0.25) is 0 Å². The molecule has 6 nitrogen and oxygen atoms in total. The molecule has 118 valence electrons. The van der Waals surface area contributed by atoms with Crippen LogP contribution in [0, 0.1) is 0 Å². The van der Waals surface area contributed by atoms with Gasteiger partial charge in [-0.1, -0.05) is 23.4 Å². The summed E-state index contributed by atoms with van der Waals surface area (Å²) in [6.07, 6.45) is -0.412. The van der Waals surface area contributed by atoms with Gasteiger partial charge >= 0.3 is 5.97 Å². The van der Waals surface area contributed by atoms with Gasteiger partial charge in [-0.15, -0.1) is 11.3 Å². The normalized spacial score (nSPS) is 12.0. The van der Waals surface area contributed by atoms with Crippen molar-refractivity contribution in [1.82, 2.24) is 10.1 Å². The maximum atomic E-state index is 10.7. The zero-order valence-corrected chi connectivity index (χ0v) is 13.1. The molecular weight excluding hydrogens is 316 g/mol. The van der Waals surface area contributed by atoms with E-state index in [0.29, 0.717) is 17.5 Å². The SMILES string of the molecule is C[C@@H](Oc1ccc(CC(=O)O)cc1)c1nc(-c2cccs2)no1. The molecule has 1 N–H and O–H groups in total. The van der Waals surface area contributed by atoms with Crippen LogP contribution in [-0.2, 0) is 11.2 Å². The highest BCUT2D eigenvalue weighted by Crippen LogP contribution is 2.25. The molecule has 2 heterocycles. The second kappa shape index (κ2) is 6.62. The Morgan fingerprint density at radius 3 is 2.78 bits per heavy atom. The minimum absolute atomic E-state index is 0.0103. The van der Waals surface area contributed by atoms with Crippen molar-refractivity contribution in [2.45, 2.75) is 19.4 Å². The highest BCUT2D eigenvalue weighted by Gasteiger charge is 2.17. The fourth-order valence-corrected chi connectivity index (χ4v) is 2.67. The Hall–Kier alpha value is -2.67. The van der Waals surface area contributed by atoms with Gasteiger partial charge in [-0.05, 0) is 36.1 Å². The van der Waals surface area contributed by atoms with Gasteiger partial charge in [-0.25, -0.2) is 0 Å². The maximum absolute atomic E-state index is 10.7. The van der Waals surface area contributed by atoms with Crippen LogP contribution in [0.5, 0.6) is 5.75 Å². The zero-order valence-electron chi connectivity index (χ0n) is 12.3. The number of aromatic nitrogens is 2. The molecule has 0 saturated heterocycles. The van der Waals surface area contributed by atoms with Gasteiger partial charge < -0.3 is 14.4 Å². The first-order chi connectivity index (χ1) is 11.1. The summed E-state index contributed by atoms with van der Waals surface area (Å²) in [6, 6.07) is 10.7. The van der Waals surface area contributed by atoms with E-state index in [1.54, 1.807) is 24.3 Å². The number of carboxylic acid groups (broad SMARTS) is 1. The van der Waals surface area contributed by atoms with Crippen LogP contribution in [0.3, 0.4) is 0 Å². The second-order valence-electron chi connectivity index (χ2n) is 4.91. The van der Waals surface area contributed by atoms with Crippen LogP contribution < -0.4 is 4.74 Å². The van der Waals surface area contributed by atoms with Crippen molar-refractivity contribution < 1.29 is 19.2 Å². The summed E-state index contributed by atoms with van der Waals surface area (Å²) >= 11 is 1.54. The topological polar surface area (TPSA) is 85.5 Å². The number of rotatable bonds is 6. The lowest BCUT2D eigenvalue weighted by Gasteiger charge is -2.10. The third kappa shape index (κ3) is 3.75. The van der Waals surface area contributed by atoms with E-state index in [1.165, 1.54) is 11.3 Å². The summed E-state index contributed by atoms with van der Waals surface area (Å²) in [6.45, 7) is 1.82. The summed E-state index contributed by atoms with van der Waals surface area (Å²) in [5, 5.41) is 14.6. The largest absolute Gasteiger partial charge is 0.481 e. The highest BCUT2D eigenvalue weighted by molar-refractivity contribution is 7.13. The van der Waals surface area contributed by atoms with Crippen molar-refractivity contribution in [2.75, 3.05) is 0 Å². The minimum atomic E-state index is -0.862. The monoisotopic (exact) mass is 330 g/mol. The number of benzene rings is 1. The number of thiophene rings is 1. The number of hydrogen-bond donors (Lipinski definition) is 1. The fourth-order valence-electron chi connectivity index (χ4n) is 2.02. The number of hydrogen-bond acceptors (Lipinski definition) is 6. The molecule has 2 aromatic heterocycles. The van der Waals surface area contributed by atoms with Gasteiger partial charge in [-0.2, -0.15) is 4.98 Å². The molecule has 0 unspecified atom stereocenters. The van der Waals surface area contributed by atoms with E-state index in [1.807, 2.05) is 24.4 Å². The Morgan fingerprint density at radius 2 is 2.13 bits per heavy atom. The molecule has 1 atom stereocenters. The summed E-state index contributed by atoms with van der Waals surface area (Å²) in [5.74, 6) is 0.687. The van der Waals surface area contributed by atoms with Gasteiger partial charge in [0.05, 0.1) is 11.3 Å². The first-order valence-corrected chi connectivity index (χ1v) is 7.84. The molecule has 0 aliphatic rings. The molecule has 0 saturated carbocycles. The predicted octanol–water partition coefficient (Wildman–Crippen LogP) is 3.57. The van der Waals surface area contributed by atoms with E-state index in [4.69, 9.17) is 14.4 Å². The van der Waals surface area contributed by atoms with Crippen LogP contribution in [0.25, 0.3) is 10.7 Å². The molecule has 0 fully saturated rings. The highest BCUT2D eigenvalue weighted by atomic mass is 32.1. The summed E-state index contributed by atoms with van der Waals surface area (Å²) in [7, 11) is 0. The van der Waals surface area contributed by atoms with E-state index in [0.717, 1.165) is 10.4 Å². The molecule has 3 rings (SSSR count). The van der Waals surface area contributed by atoms with E-state index in [9.17, 15) is 4.79 Å². The smallest absolute Gasteiger partial charge is 0.307 e. The maximum Gasteiger partial charge on any atom is 0.307 e. The Kier molecular flexibility index (Phi) is 4.38. The number of aliphatic carboxylic acids is 1. The number of carbonyl (C=O) groups is 1. The van der Waals surface area contributed by atoms with Crippen LogP contribution in [0.1, 0.15) is 24.5 Å². The average Bonchev–Trinajstić information content (AvgIpc) is 3.19. The summed E-state index contributed by atoms with van der Waals surface area (Å²) in [4.78, 5) is 15.9. The van der Waals surface area contributed by atoms with Crippen LogP contribution in [0.15, 0.2) is 46.3 Å². The Bertz CT molecular complexity index is 781. The molecule has 1 aromatic carbocycles. The molecule has 3 aromatic rings. The molecule has 0 amide bonds. The number of ether oxygens (including phenoxy) is 1. The van der Waals surface area contributed by atoms with Crippen LogP contribution in [-0.4, -0.2) is 21.2 Å². The average molecular weight is 330 g/mol. The first-order valence-electron chi connectivity index (χ1n) is 6.96. The third-order valence-corrected chi connectivity index (χ3v) is 3.99. The fraction of sp³-hybridized carbons (Fsp3) is 0.188. The third-order valence-electron chi connectivity index (χ3n) is 3.12. The Balaban J connectivity index is 1.67. The lowest BCUT2D eigenvalue weighted by molar-refractivity contribution is -0.136. The molecule has 0 radical (unpaired) electrons. The molecule has 0 spiro atoms. The van der Waals surface area contributed by atoms with E-state index in [-0.39, 0.29) is 6.42 Å². The number of nitrogens with zero attached hydrogens (tertiary/aromatic N) is 2.